The van der Waals surface area contributed by atoms with Gasteiger partial charge in [-0.1, -0.05) is 33.6 Å². The molecule has 1 aromatic carbocycles. The zero-order chi connectivity index (χ0) is 13.4. The van der Waals surface area contributed by atoms with E-state index < -0.39 is 0 Å². The monoisotopic (exact) mass is 351 g/mol. The van der Waals surface area contributed by atoms with E-state index in [0.717, 1.165) is 39.5 Å². The number of rotatable bonds is 8. The maximum absolute atomic E-state index is 8.67. The third-order valence-electron chi connectivity index (χ3n) is 2.57. The van der Waals surface area contributed by atoms with Crippen molar-refractivity contribution in [3.63, 3.8) is 0 Å². The van der Waals surface area contributed by atoms with Crippen molar-refractivity contribution < 1.29 is 5.11 Å². The number of aliphatic hydroxyl groups is 1. The summed E-state index contributed by atoms with van der Waals surface area (Å²) in [4.78, 5) is 0. The molecule has 0 radical (unpaired) electrons. The fourth-order valence-corrected chi connectivity index (χ4v) is 3.22. The van der Waals surface area contributed by atoms with Crippen molar-refractivity contribution in [2.24, 2.45) is 0 Å². The van der Waals surface area contributed by atoms with Crippen molar-refractivity contribution in [2.45, 2.75) is 19.4 Å². The second kappa shape index (κ2) is 9.21. The van der Waals surface area contributed by atoms with Gasteiger partial charge in [0.2, 0.25) is 0 Å². The Hall–Kier alpha value is 0.260. The summed E-state index contributed by atoms with van der Waals surface area (Å²) >= 11 is 11.5. The topological polar surface area (TPSA) is 32.3 Å². The van der Waals surface area contributed by atoms with Crippen LogP contribution in [0, 0.1) is 0 Å². The van der Waals surface area contributed by atoms with Crippen LogP contribution >= 0.6 is 39.3 Å². The second-order valence-corrected chi connectivity index (χ2v) is 6.58. The quantitative estimate of drug-likeness (QED) is 0.697. The van der Waals surface area contributed by atoms with Crippen LogP contribution in [-0.4, -0.2) is 29.8 Å². The van der Waals surface area contributed by atoms with Crippen molar-refractivity contribution in [1.82, 2.24) is 5.32 Å². The zero-order valence-corrected chi connectivity index (χ0v) is 13.6. The van der Waals surface area contributed by atoms with Crippen LogP contribution in [0.5, 0.6) is 0 Å². The van der Waals surface area contributed by atoms with Crippen LogP contribution in [-0.2, 0) is 0 Å². The predicted octanol–water partition coefficient (Wildman–Crippen LogP) is 3.87. The first-order valence-electron chi connectivity index (χ1n) is 6.02. The van der Waals surface area contributed by atoms with Crippen LogP contribution in [0.4, 0.5) is 0 Å². The third kappa shape index (κ3) is 5.93. The molecule has 0 aromatic heterocycles. The molecule has 102 valence electrons. The summed E-state index contributed by atoms with van der Waals surface area (Å²) < 4.78 is 1.00. The lowest BCUT2D eigenvalue weighted by Crippen LogP contribution is -2.21. The van der Waals surface area contributed by atoms with Crippen LogP contribution in [0.25, 0.3) is 0 Å². The van der Waals surface area contributed by atoms with Crippen LogP contribution in [0.2, 0.25) is 5.02 Å². The molecule has 0 saturated carbocycles. The molecule has 1 rings (SSSR count). The Morgan fingerprint density at radius 3 is 2.89 bits per heavy atom. The van der Waals surface area contributed by atoms with Crippen LogP contribution in [0.3, 0.4) is 0 Å². The highest BCUT2D eigenvalue weighted by Crippen LogP contribution is 2.26. The molecular formula is C13H19BrClNOS. The first-order valence-corrected chi connectivity index (χ1v) is 8.34. The average Bonchev–Trinajstić information content (AvgIpc) is 2.33. The Morgan fingerprint density at radius 1 is 1.44 bits per heavy atom. The molecule has 1 aromatic rings. The van der Waals surface area contributed by atoms with E-state index in [-0.39, 0.29) is 12.6 Å². The second-order valence-electron chi connectivity index (χ2n) is 4.03. The Labute approximate surface area is 127 Å². The Bertz CT molecular complexity index is 365. The first kappa shape index (κ1) is 16.3. The minimum atomic E-state index is 0.254. The maximum atomic E-state index is 8.67. The maximum Gasteiger partial charge on any atom is 0.0464 e. The summed E-state index contributed by atoms with van der Waals surface area (Å²) in [6.45, 7) is 3.35. The molecule has 5 heteroatoms. The Morgan fingerprint density at radius 2 is 2.22 bits per heavy atom. The Kier molecular flexibility index (Phi) is 8.35. The summed E-state index contributed by atoms with van der Waals surface area (Å²) in [5, 5.41) is 12.9. The van der Waals surface area contributed by atoms with Gasteiger partial charge in [0.1, 0.15) is 0 Å². The predicted molar refractivity (Wildman–Crippen MR) is 84.6 cm³/mol. The number of thioether (sulfide) groups is 1. The SMILES string of the molecule is CC(NCCSCCCO)c1ccc(Br)cc1Cl. The smallest absolute Gasteiger partial charge is 0.0464 e. The number of hydrogen-bond acceptors (Lipinski definition) is 3. The van der Waals surface area contributed by atoms with Crippen molar-refractivity contribution >= 4 is 39.3 Å². The minimum absolute atomic E-state index is 0.254. The molecular weight excluding hydrogens is 334 g/mol. The number of nitrogens with one attached hydrogen (secondary N) is 1. The lowest BCUT2D eigenvalue weighted by molar-refractivity contribution is 0.296. The lowest BCUT2D eigenvalue weighted by Gasteiger charge is -2.15. The summed E-state index contributed by atoms with van der Waals surface area (Å²) in [7, 11) is 0. The lowest BCUT2D eigenvalue weighted by atomic mass is 10.1. The van der Waals surface area contributed by atoms with Gasteiger partial charge in [0.05, 0.1) is 0 Å². The van der Waals surface area contributed by atoms with Crippen molar-refractivity contribution in [1.29, 1.82) is 0 Å². The van der Waals surface area contributed by atoms with E-state index >= 15 is 0 Å². The summed E-state index contributed by atoms with van der Waals surface area (Å²) in [5.74, 6) is 2.07. The van der Waals surface area contributed by atoms with Gasteiger partial charge in [0.15, 0.2) is 0 Å². The average molecular weight is 353 g/mol. The van der Waals surface area contributed by atoms with Gasteiger partial charge in [-0.15, -0.1) is 0 Å². The van der Waals surface area contributed by atoms with Gasteiger partial charge in [-0.05, 0) is 36.8 Å². The molecule has 2 nitrogen and oxygen atoms in total. The highest BCUT2D eigenvalue weighted by Gasteiger charge is 2.08. The molecule has 0 amide bonds. The molecule has 0 fully saturated rings. The summed E-state index contributed by atoms with van der Waals surface area (Å²) in [6.07, 6.45) is 0.874. The molecule has 0 saturated heterocycles. The highest BCUT2D eigenvalue weighted by molar-refractivity contribution is 9.10. The molecule has 2 N–H and O–H groups in total. The summed E-state index contributed by atoms with van der Waals surface area (Å²) in [5.41, 5.74) is 1.13. The van der Waals surface area contributed by atoms with E-state index in [0.29, 0.717) is 0 Å². The number of hydrogen-bond donors (Lipinski definition) is 2. The highest BCUT2D eigenvalue weighted by atomic mass is 79.9. The van der Waals surface area contributed by atoms with Crippen LogP contribution in [0.15, 0.2) is 22.7 Å². The van der Waals surface area contributed by atoms with Crippen LogP contribution < -0.4 is 5.32 Å². The fourth-order valence-electron chi connectivity index (χ4n) is 1.58. The minimum Gasteiger partial charge on any atom is -0.396 e. The van der Waals surface area contributed by atoms with Gasteiger partial charge >= 0.3 is 0 Å². The van der Waals surface area contributed by atoms with Crippen molar-refractivity contribution in [3.8, 4) is 0 Å². The zero-order valence-electron chi connectivity index (χ0n) is 10.5. The number of halogens is 2. The van der Waals surface area contributed by atoms with Gasteiger partial charge in [0, 0.05) is 34.4 Å². The molecule has 0 aliphatic carbocycles. The number of benzene rings is 1. The van der Waals surface area contributed by atoms with Gasteiger partial charge in [-0.2, -0.15) is 11.8 Å². The van der Waals surface area contributed by atoms with E-state index in [9.17, 15) is 0 Å². The molecule has 0 aliphatic rings. The van der Waals surface area contributed by atoms with E-state index in [1.807, 2.05) is 30.0 Å². The number of aliphatic hydroxyl groups excluding tert-OH is 1. The van der Waals surface area contributed by atoms with Crippen molar-refractivity contribution in [2.75, 3.05) is 24.7 Å². The standard InChI is InChI=1S/C13H19BrClNOS/c1-10(16-5-8-18-7-2-6-17)12-4-3-11(14)9-13(12)15/h3-4,9-10,16-17H,2,5-8H2,1H3. The molecule has 0 aliphatic heterocycles. The van der Waals surface area contributed by atoms with Crippen LogP contribution in [0.1, 0.15) is 24.9 Å². The molecule has 1 atom stereocenters. The molecule has 1 unspecified atom stereocenters. The van der Waals surface area contributed by atoms with Gasteiger partial charge in [0.25, 0.3) is 0 Å². The largest absolute Gasteiger partial charge is 0.396 e. The van der Waals surface area contributed by atoms with Gasteiger partial charge in [-0.25, -0.2) is 0 Å². The normalized spacial score (nSPS) is 12.7. The summed E-state index contributed by atoms with van der Waals surface area (Å²) in [6, 6.07) is 6.23. The third-order valence-corrected chi connectivity index (χ3v) is 4.46. The van der Waals surface area contributed by atoms with E-state index in [4.69, 9.17) is 16.7 Å². The van der Waals surface area contributed by atoms with Crippen molar-refractivity contribution in [3.05, 3.63) is 33.3 Å². The first-order chi connectivity index (χ1) is 8.65. The van der Waals surface area contributed by atoms with E-state index in [1.54, 1.807) is 0 Å². The molecule has 0 heterocycles. The van der Waals surface area contributed by atoms with Gasteiger partial charge < -0.3 is 10.4 Å². The molecule has 0 bridgehead atoms. The van der Waals surface area contributed by atoms with E-state index in [2.05, 4.69) is 28.2 Å². The van der Waals surface area contributed by atoms with E-state index in [1.165, 1.54) is 0 Å². The Balaban J connectivity index is 2.29. The molecule has 0 spiro atoms. The molecule has 18 heavy (non-hydrogen) atoms. The fraction of sp³-hybridized carbons (Fsp3) is 0.538. The van der Waals surface area contributed by atoms with Gasteiger partial charge in [-0.3, -0.25) is 0 Å².